The van der Waals surface area contributed by atoms with Gasteiger partial charge in [0, 0.05) is 40.8 Å². The van der Waals surface area contributed by atoms with Gasteiger partial charge in [-0.2, -0.15) is 0 Å². The number of non-ortho nitro benzene ring substituents is 1. The Morgan fingerprint density at radius 1 is 1.10 bits per heavy atom. The van der Waals surface area contributed by atoms with E-state index in [0.29, 0.717) is 10.2 Å². The number of thioether (sulfide) groups is 1. The number of hydrogen-bond acceptors (Lipinski definition) is 6. The largest absolute Gasteiger partial charge is 0.295 e. The first-order valence-electron chi connectivity index (χ1n) is 8.20. The maximum Gasteiger partial charge on any atom is 0.269 e. The molecule has 3 aromatic rings. The van der Waals surface area contributed by atoms with Crippen LogP contribution in [0.15, 0.2) is 66.1 Å². The van der Waals surface area contributed by atoms with Crippen LogP contribution < -0.4 is 10.9 Å². The molecule has 0 radical (unpaired) electrons. The number of hydrogen-bond donors (Lipinski definition) is 2. The standard InChI is InChI=1S/C18H14ClN5O4S/c19-13-3-7-14(8-4-13)23-10-9-20-18(23)29-11-16(25)21-22-17(26)12-1-5-15(6-2-12)24(27)28/h1-10H,11H2,(H,21,25)(H,22,26). The molecule has 148 valence electrons. The topological polar surface area (TPSA) is 119 Å². The van der Waals surface area contributed by atoms with Gasteiger partial charge in [-0.25, -0.2) is 4.98 Å². The summed E-state index contributed by atoms with van der Waals surface area (Å²) in [6, 6.07) is 12.2. The van der Waals surface area contributed by atoms with E-state index in [-0.39, 0.29) is 17.0 Å². The average Bonchev–Trinajstić information content (AvgIpc) is 3.19. The van der Waals surface area contributed by atoms with Crippen LogP contribution >= 0.6 is 23.4 Å². The van der Waals surface area contributed by atoms with Crippen molar-refractivity contribution in [2.24, 2.45) is 0 Å². The minimum Gasteiger partial charge on any atom is -0.295 e. The molecular formula is C18H14ClN5O4S. The maximum absolute atomic E-state index is 12.0. The molecule has 2 N–H and O–H groups in total. The van der Waals surface area contributed by atoms with E-state index in [2.05, 4.69) is 15.8 Å². The van der Waals surface area contributed by atoms with Crippen molar-refractivity contribution in [3.8, 4) is 5.69 Å². The smallest absolute Gasteiger partial charge is 0.269 e. The summed E-state index contributed by atoms with van der Waals surface area (Å²) in [5, 5.41) is 11.8. The summed E-state index contributed by atoms with van der Waals surface area (Å²) in [6.45, 7) is 0. The number of nitro groups is 1. The molecule has 0 atom stereocenters. The summed E-state index contributed by atoms with van der Waals surface area (Å²) in [5.74, 6) is -0.998. The molecule has 0 aliphatic rings. The first kappa shape index (κ1) is 20.4. The second-order valence-corrected chi connectivity index (χ2v) is 7.03. The van der Waals surface area contributed by atoms with Gasteiger partial charge in [0.25, 0.3) is 11.6 Å². The SMILES string of the molecule is O=C(CSc1nccn1-c1ccc(Cl)cc1)NNC(=O)c1ccc([N+](=O)[O-])cc1. The van der Waals surface area contributed by atoms with Crippen LogP contribution in [0, 0.1) is 10.1 Å². The van der Waals surface area contributed by atoms with Crippen LogP contribution in [-0.4, -0.2) is 32.0 Å². The molecule has 2 aromatic carbocycles. The number of halogens is 1. The first-order chi connectivity index (χ1) is 13.9. The van der Waals surface area contributed by atoms with E-state index in [1.54, 1.807) is 24.5 Å². The molecule has 0 fully saturated rings. The average molecular weight is 432 g/mol. The van der Waals surface area contributed by atoms with Gasteiger partial charge in [-0.3, -0.25) is 35.1 Å². The third-order valence-electron chi connectivity index (χ3n) is 3.70. The summed E-state index contributed by atoms with van der Waals surface area (Å²) in [7, 11) is 0. The highest BCUT2D eigenvalue weighted by molar-refractivity contribution is 7.99. The predicted molar refractivity (Wildman–Crippen MR) is 108 cm³/mol. The van der Waals surface area contributed by atoms with E-state index in [9.17, 15) is 19.7 Å². The summed E-state index contributed by atoms with van der Waals surface area (Å²) in [6.07, 6.45) is 3.38. The van der Waals surface area contributed by atoms with Gasteiger partial charge in [-0.1, -0.05) is 23.4 Å². The minimum atomic E-state index is -0.582. The fourth-order valence-corrected chi connectivity index (χ4v) is 3.19. The molecule has 0 aliphatic carbocycles. The van der Waals surface area contributed by atoms with Crippen LogP contribution in [0.1, 0.15) is 10.4 Å². The lowest BCUT2D eigenvalue weighted by Gasteiger charge is -2.09. The number of nitro benzene ring substituents is 1. The lowest BCUT2D eigenvalue weighted by atomic mass is 10.2. The highest BCUT2D eigenvalue weighted by Gasteiger charge is 2.12. The lowest BCUT2D eigenvalue weighted by Crippen LogP contribution is -2.42. The number of nitrogens with zero attached hydrogens (tertiary/aromatic N) is 3. The number of amides is 2. The van der Waals surface area contributed by atoms with Crippen LogP contribution in [0.5, 0.6) is 0 Å². The number of carbonyl (C=O) groups is 2. The fourth-order valence-electron chi connectivity index (χ4n) is 2.29. The van der Waals surface area contributed by atoms with Crippen molar-refractivity contribution >= 4 is 40.9 Å². The number of rotatable bonds is 6. The normalized spacial score (nSPS) is 10.4. The number of carbonyl (C=O) groups excluding carboxylic acids is 2. The predicted octanol–water partition coefficient (Wildman–Crippen LogP) is 2.99. The quantitative estimate of drug-likeness (QED) is 0.352. The Balaban J connectivity index is 1.52. The van der Waals surface area contributed by atoms with E-state index < -0.39 is 16.7 Å². The summed E-state index contributed by atoms with van der Waals surface area (Å²) in [4.78, 5) is 38.3. The van der Waals surface area contributed by atoms with Gasteiger partial charge in [0.15, 0.2) is 5.16 Å². The number of imidazole rings is 1. The Morgan fingerprint density at radius 2 is 1.79 bits per heavy atom. The number of benzene rings is 2. The van der Waals surface area contributed by atoms with Crippen molar-refractivity contribution < 1.29 is 14.5 Å². The monoisotopic (exact) mass is 431 g/mol. The molecule has 0 saturated carbocycles. The van der Waals surface area contributed by atoms with Crippen LogP contribution in [0.25, 0.3) is 5.69 Å². The van der Waals surface area contributed by atoms with Crippen LogP contribution in [0.4, 0.5) is 5.69 Å². The molecule has 0 unspecified atom stereocenters. The second kappa shape index (κ2) is 9.22. The van der Waals surface area contributed by atoms with Crippen LogP contribution in [0.2, 0.25) is 5.02 Å². The molecule has 0 aliphatic heterocycles. The second-order valence-electron chi connectivity index (χ2n) is 5.65. The van der Waals surface area contributed by atoms with Crippen molar-refractivity contribution in [2.75, 3.05) is 5.75 Å². The van der Waals surface area contributed by atoms with Crippen LogP contribution in [0.3, 0.4) is 0 Å². The third kappa shape index (κ3) is 5.33. The Bertz CT molecular complexity index is 1040. The molecule has 0 saturated heterocycles. The fraction of sp³-hybridized carbons (Fsp3) is 0.0556. The minimum absolute atomic E-state index is 0.0190. The van der Waals surface area contributed by atoms with Crippen molar-refractivity contribution in [3.05, 3.63) is 81.6 Å². The van der Waals surface area contributed by atoms with Gasteiger partial charge in [-0.15, -0.1) is 0 Å². The molecule has 9 nitrogen and oxygen atoms in total. The molecule has 0 spiro atoms. The maximum atomic E-state index is 12.0. The molecule has 3 rings (SSSR count). The first-order valence-corrected chi connectivity index (χ1v) is 9.56. The molecule has 11 heteroatoms. The van der Waals surface area contributed by atoms with Gasteiger partial charge in [0.05, 0.1) is 10.7 Å². The van der Waals surface area contributed by atoms with Crippen molar-refractivity contribution in [2.45, 2.75) is 5.16 Å². The van der Waals surface area contributed by atoms with E-state index in [1.807, 2.05) is 16.7 Å². The molecule has 1 heterocycles. The molecule has 2 amide bonds. The zero-order valence-corrected chi connectivity index (χ0v) is 16.3. The van der Waals surface area contributed by atoms with Crippen LogP contribution in [-0.2, 0) is 4.79 Å². The van der Waals surface area contributed by atoms with Crippen molar-refractivity contribution in [3.63, 3.8) is 0 Å². The van der Waals surface area contributed by atoms with E-state index in [0.717, 1.165) is 5.69 Å². The number of hydrazine groups is 1. The third-order valence-corrected chi connectivity index (χ3v) is 4.92. The van der Waals surface area contributed by atoms with Gasteiger partial charge >= 0.3 is 0 Å². The zero-order chi connectivity index (χ0) is 20.8. The van der Waals surface area contributed by atoms with E-state index in [1.165, 1.54) is 36.0 Å². The van der Waals surface area contributed by atoms with Crippen molar-refractivity contribution in [1.29, 1.82) is 0 Å². The van der Waals surface area contributed by atoms with Crippen molar-refractivity contribution in [1.82, 2.24) is 20.4 Å². The van der Waals surface area contributed by atoms with Gasteiger partial charge in [0.2, 0.25) is 5.91 Å². The summed E-state index contributed by atoms with van der Waals surface area (Å²) in [5.41, 5.74) is 5.47. The molecular weight excluding hydrogens is 418 g/mol. The highest BCUT2D eigenvalue weighted by atomic mass is 35.5. The highest BCUT2D eigenvalue weighted by Crippen LogP contribution is 2.21. The lowest BCUT2D eigenvalue weighted by molar-refractivity contribution is -0.384. The Kier molecular flexibility index (Phi) is 6.47. The van der Waals surface area contributed by atoms with Gasteiger partial charge in [0.1, 0.15) is 0 Å². The summed E-state index contributed by atoms with van der Waals surface area (Å²) >= 11 is 7.09. The van der Waals surface area contributed by atoms with Gasteiger partial charge in [-0.05, 0) is 36.4 Å². The molecule has 29 heavy (non-hydrogen) atoms. The zero-order valence-electron chi connectivity index (χ0n) is 14.7. The van der Waals surface area contributed by atoms with E-state index in [4.69, 9.17) is 11.6 Å². The molecule has 0 bridgehead atoms. The van der Waals surface area contributed by atoms with E-state index >= 15 is 0 Å². The summed E-state index contributed by atoms with van der Waals surface area (Å²) < 4.78 is 1.81. The Hall–Kier alpha value is -3.37. The Morgan fingerprint density at radius 3 is 2.45 bits per heavy atom. The number of nitrogens with one attached hydrogen (secondary N) is 2. The Labute approximate surface area is 174 Å². The number of aromatic nitrogens is 2. The molecule has 1 aromatic heterocycles. The van der Waals surface area contributed by atoms with Gasteiger partial charge < -0.3 is 0 Å².